The number of methoxy groups -OCH3 is 1. The van der Waals surface area contributed by atoms with Gasteiger partial charge in [0.1, 0.15) is 0 Å². The van der Waals surface area contributed by atoms with Gasteiger partial charge in [-0.15, -0.1) is 0 Å². The van der Waals surface area contributed by atoms with Crippen molar-refractivity contribution in [2.75, 3.05) is 13.7 Å². The Morgan fingerprint density at radius 2 is 2.09 bits per heavy atom. The summed E-state index contributed by atoms with van der Waals surface area (Å²) in [6, 6.07) is 0. The molecule has 4 atom stereocenters. The topological polar surface area (TPSA) is 9.23 Å². The highest BCUT2D eigenvalue weighted by Crippen LogP contribution is 2.47. The molecule has 2 aliphatic rings. The molecule has 1 heteroatoms. The van der Waals surface area contributed by atoms with Gasteiger partial charge in [0.2, 0.25) is 0 Å². The molecule has 0 aromatic rings. The zero-order chi connectivity index (χ0) is 7.84. The van der Waals surface area contributed by atoms with E-state index in [0.717, 1.165) is 30.3 Å². The lowest BCUT2D eigenvalue weighted by Crippen LogP contribution is -2.21. The monoisotopic (exact) mass is 152 g/mol. The molecular weight excluding hydrogens is 136 g/mol. The van der Waals surface area contributed by atoms with Gasteiger partial charge in [-0.2, -0.15) is 0 Å². The lowest BCUT2D eigenvalue weighted by atomic mass is 9.85. The van der Waals surface area contributed by atoms with Crippen LogP contribution in [0.25, 0.3) is 0 Å². The van der Waals surface area contributed by atoms with Crippen molar-refractivity contribution >= 4 is 0 Å². The number of fused-ring (bicyclic) bond motifs is 2. The highest BCUT2D eigenvalue weighted by Gasteiger charge is 2.41. The van der Waals surface area contributed by atoms with Crippen LogP contribution >= 0.6 is 0 Å². The van der Waals surface area contributed by atoms with Crippen LogP contribution in [0.4, 0.5) is 0 Å². The lowest BCUT2D eigenvalue weighted by molar-refractivity contribution is 0.118. The van der Waals surface area contributed by atoms with E-state index in [2.05, 4.69) is 19.1 Å². The Bertz CT molecular complexity index is 174. The molecule has 4 unspecified atom stereocenters. The molecule has 0 spiro atoms. The van der Waals surface area contributed by atoms with Crippen LogP contribution in [0.2, 0.25) is 0 Å². The van der Waals surface area contributed by atoms with E-state index >= 15 is 0 Å². The molecule has 0 saturated heterocycles. The molecule has 2 aliphatic carbocycles. The Kier molecular flexibility index (Phi) is 1.76. The number of hydrogen-bond donors (Lipinski definition) is 0. The molecule has 0 aliphatic heterocycles. The minimum absolute atomic E-state index is 0.801. The van der Waals surface area contributed by atoms with Crippen LogP contribution in [0.1, 0.15) is 13.3 Å². The van der Waals surface area contributed by atoms with Crippen molar-refractivity contribution < 1.29 is 4.74 Å². The van der Waals surface area contributed by atoms with E-state index in [1.165, 1.54) is 6.42 Å². The van der Waals surface area contributed by atoms with Gasteiger partial charge < -0.3 is 4.74 Å². The molecule has 0 radical (unpaired) electrons. The van der Waals surface area contributed by atoms with Crippen molar-refractivity contribution in [1.29, 1.82) is 0 Å². The average Bonchev–Trinajstić information content (AvgIpc) is 2.54. The van der Waals surface area contributed by atoms with Crippen molar-refractivity contribution in [2.45, 2.75) is 13.3 Å². The molecule has 62 valence electrons. The third-order valence-corrected chi connectivity index (χ3v) is 3.41. The highest BCUT2D eigenvalue weighted by atomic mass is 16.5. The molecule has 0 N–H and O–H groups in total. The van der Waals surface area contributed by atoms with Gasteiger partial charge in [-0.25, -0.2) is 0 Å². The van der Waals surface area contributed by atoms with Crippen LogP contribution in [0.3, 0.4) is 0 Å². The summed E-state index contributed by atoms with van der Waals surface area (Å²) < 4.78 is 5.21. The van der Waals surface area contributed by atoms with Crippen LogP contribution < -0.4 is 0 Å². The normalized spacial score (nSPS) is 47.1. The zero-order valence-corrected chi connectivity index (χ0v) is 7.29. The van der Waals surface area contributed by atoms with Crippen molar-refractivity contribution in [1.82, 2.24) is 0 Å². The first kappa shape index (κ1) is 7.35. The fourth-order valence-corrected chi connectivity index (χ4v) is 2.64. The highest BCUT2D eigenvalue weighted by molar-refractivity contribution is 5.12. The van der Waals surface area contributed by atoms with Crippen molar-refractivity contribution in [3.63, 3.8) is 0 Å². The minimum atomic E-state index is 0.801. The Morgan fingerprint density at radius 1 is 1.36 bits per heavy atom. The van der Waals surface area contributed by atoms with E-state index in [1.54, 1.807) is 0 Å². The summed E-state index contributed by atoms with van der Waals surface area (Å²) in [7, 11) is 1.81. The Morgan fingerprint density at radius 3 is 2.64 bits per heavy atom. The van der Waals surface area contributed by atoms with Gasteiger partial charge in [0.25, 0.3) is 0 Å². The number of hydrogen-bond acceptors (Lipinski definition) is 1. The van der Waals surface area contributed by atoms with Crippen LogP contribution in [0.15, 0.2) is 12.2 Å². The summed E-state index contributed by atoms with van der Waals surface area (Å²) in [4.78, 5) is 0. The van der Waals surface area contributed by atoms with E-state index in [9.17, 15) is 0 Å². The minimum Gasteiger partial charge on any atom is -0.384 e. The number of allylic oxidation sites excluding steroid dienone is 2. The number of ether oxygens (including phenoxy) is 1. The first-order valence-corrected chi connectivity index (χ1v) is 4.50. The van der Waals surface area contributed by atoms with Gasteiger partial charge in [0, 0.05) is 13.7 Å². The summed E-state index contributed by atoms with van der Waals surface area (Å²) in [5.74, 6) is 3.34. The van der Waals surface area contributed by atoms with Crippen LogP contribution in [-0.2, 0) is 4.74 Å². The summed E-state index contributed by atoms with van der Waals surface area (Å²) >= 11 is 0. The predicted molar refractivity (Wildman–Crippen MR) is 45.3 cm³/mol. The molecule has 2 bridgehead atoms. The zero-order valence-electron chi connectivity index (χ0n) is 7.29. The summed E-state index contributed by atoms with van der Waals surface area (Å²) in [6.07, 6.45) is 6.16. The van der Waals surface area contributed by atoms with E-state index in [-0.39, 0.29) is 0 Å². The second kappa shape index (κ2) is 2.63. The number of rotatable bonds is 2. The predicted octanol–water partition coefficient (Wildman–Crippen LogP) is 2.09. The van der Waals surface area contributed by atoms with Gasteiger partial charge in [-0.1, -0.05) is 19.1 Å². The van der Waals surface area contributed by atoms with Gasteiger partial charge >= 0.3 is 0 Å². The average molecular weight is 152 g/mol. The van der Waals surface area contributed by atoms with E-state index < -0.39 is 0 Å². The van der Waals surface area contributed by atoms with Crippen LogP contribution in [0, 0.1) is 23.7 Å². The summed E-state index contributed by atoms with van der Waals surface area (Å²) in [5.41, 5.74) is 0. The van der Waals surface area contributed by atoms with Crippen molar-refractivity contribution in [3.8, 4) is 0 Å². The summed E-state index contributed by atoms with van der Waals surface area (Å²) in [6.45, 7) is 3.31. The third-order valence-electron chi connectivity index (χ3n) is 3.41. The molecule has 2 rings (SSSR count). The van der Waals surface area contributed by atoms with Gasteiger partial charge in [0.15, 0.2) is 0 Å². The largest absolute Gasteiger partial charge is 0.384 e. The maximum absolute atomic E-state index is 5.21. The molecular formula is C10H16O. The van der Waals surface area contributed by atoms with Crippen molar-refractivity contribution in [2.24, 2.45) is 23.7 Å². The second-order valence-corrected chi connectivity index (χ2v) is 3.93. The quantitative estimate of drug-likeness (QED) is 0.550. The fraction of sp³-hybridized carbons (Fsp3) is 0.800. The first-order valence-electron chi connectivity index (χ1n) is 4.50. The maximum Gasteiger partial charge on any atom is 0.0498 e. The molecule has 0 aromatic carbocycles. The Balaban J connectivity index is 2.06. The van der Waals surface area contributed by atoms with E-state index in [4.69, 9.17) is 4.74 Å². The Labute approximate surface area is 68.4 Å². The second-order valence-electron chi connectivity index (χ2n) is 3.93. The molecule has 0 aromatic heterocycles. The summed E-state index contributed by atoms with van der Waals surface area (Å²) in [5, 5.41) is 0. The van der Waals surface area contributed by atoms with Crippen molar-refractivity contribution in [3.05, 3.63) is 12.2 Å². The van der Waals surface area contributed by atoms with Crippen LogP contribution in [0.5, 0.6) is 0 Å². The van der Waals surface area contributed by atoms with E-state index in [1.807, 2.05) is 7.11 Å². The SMILES string of the molecule is COCC1C2C=CC(C2)C1C. The van der Waals surface area contributed by atoms with Gasteiger partial charge in [-0.3, -0.25) is 0 Å². The van der Waals surface area contributed by atoms with Crippen LogP contribution in [-0.4, -0.2) is 13.7 Å². The lowest BCUT2D eigenvalue weighted by Gasteiger charge is -2.23. The van der Waals surface area contributed by atoms with Gasteiger partial charge in [-0.05, 0) is 30.1 Å². The molecule has 1 saturated carbocycles. The molecule has 1 nitrogen and oxygen atoms in total. The smallest absolute Gasteiger partial charge is 0.0498 e. The molecule has 11 heavy (non-hydrogen) atoms. The van der Waals surface area contributed by atoms with Gasteiger partial charge in [0.05, 0.1) is 0 Å². The standard InChI is InChI=1S/C10H16O/c1-7-8-3-4-9(5-8)10(7)6-11-2/h3-4,7-10H,5-6H2,1-2H3. The fourth-order valence-electron chi connectivity index (χ4n) is 2.64. The maximum atomic E-state index is 5.21. The molecule has 0 heterocycles. The molecule has 0 amide bonds. The third kappa shape index (κ3) is 1.02. The molecule has 1 fully saturated rings. The Hall–Kier alpha value is -0.300. The first-order chi connectivity index (χ1) is 5.33. The van der Waals surface area contributed by atoms with E-state index in [0.29, 0.717) is 0 Å².